The third-order valence-electron chi connectivity index (χ3n) is 5.99. The Morgan fingerprint density at radius 1 is 1.06 bits per heavy atom. The number of rotatable bonds is 9. The van der Waals surface area contributed by atoms with E-state index < -0.39 is 0 Å². The highest BCUT2D eigenvalue weighted by atomic mass is 32.2. The Labute approximate surface area is 196 Å². The zero-order chi connectivity index (χ0) is 23.3. The molecule has 172 valence electrons. The van der Waals surface area contributed by atoms with Gasteiger partial charge in [0.25, 0.3) is 0 Å². The van der Waals surface area contributed by atoms with E-state index in [0.717, 1.165) is 49.5 Å². The number of allylic oxidation sites excluding steroid dienone is 3. The number of carbonyl (C=O) groups excluding carboxylic acids is 2. The Morgan fingerprint density at radius 3 is 2.44 bits per heavy atom. The summed E-state index contributed by atoms with van der Waals surface area (Å²) < 4.78 is 4.88. The SMILES string of the molecule is CCCCN1C=C(C(=O)OC)SC1=CC(=O)C=C1N(CCCC)c2ccccc2C1(C)C. The Kier molecular flexibility index (Phi) is 7.88. The lowest BCUT2D eigenvalue weighted by Gasteiger charge is -2.27. The third kappa shape index (κ3) is 4.96. The summed E-state index contributed by atoms with van der Waals surface area (Å²) in [6.45, 7) is 10.3. The number of anilines is 1. The minimum absolute atomic E-state index is 0.0640. The molecule has 2 aliphatic rings. The molecule has 0 saturated heterocycles. The maximum Gasteiger partial charge on any atom is 0.346 e. The molecular weight excluding hydrogens is 420 g/mol. The summed E-state index contributed by atoms with van der Waals surface area (Å²) in [5, 5.41) is 0.772. The van der Waals surface area contributed by atoms with Crippen LogP contribution in [-0.2, 0) is 19.7 Å². The average Bonchev–Trinajstić information content (AvgIpc) is 3.27. The summed E-state index contributed by atoms with van der Waals surface area (Å²) in [7, 11) is 1.38. The molecule has 0 fully saturated rings. The highest BCUT2D eigenvalue weighted by Gasteiger charge is 2.40. The van der Waals surface area contributed by atoms with Crippen molar-refractivity contribution in [2.24, 2.45) is 0 Å². The summed E-state index contributed by atoms with van der Waals surface area (Å²) >= 11 is 1.30. The van der Waals surface area contributed by atoms with Crippen LogP contribution >= 0.6 is 11.8 Å². The van der Waals surface area contributed by atoms with Gasteiger partial charge in [-0.15, -0.1) is 0 Å². The third-order valence-corrected chi connectivity index (χ3v) is 7.04. The molecule has 3 rings (SSSR count). The first-order chi connectivity index (χ1) is 15.3. The molecule has 6 heteroatoms. The van der Waals surface area contributed by atoms with Gasteiger partial charge in [0, 0.05) is 48.2 Å². The van der Waals surface area contributed by atoms with Crippen LogP contribution in [0.25, 0.3) is 0 Å². The fourth-order valence-electron chi connectivity index (χ4n) is 4.17. The van der Waals surface area contributed by atoms with Crippen molar-refractivity contribution in [3.63, 3.8) is 0 Å². The number of hydrogen-bond donors (Lipinski definition) is 0. The Balaban J connectivity index is 1.91. The number of ether oxygens (including phenoxy) is 1. The van der Waals surface area contributed by atoms with E-state index in [9.17, 15) is 9.59 Å². The summed E-state index contributed by atoms with van der Waals surface area (Å²) in [6.07, 6.45) is 9.38. The highest BCUT2D eigenvalue weighted by molar-refractivity contribution is 8.07. The number of nitrogens with zero attached hydrogens (tertiary/aromatic N) is 2. The predicted molar refractivity (Wildman–Crippen MR) is 132 cm³/mol. The van der Waals surface area contributed by atoms with Crippen molar-refractivity contribution in [3.8, 4) is 0 Å². The van der Waals surface area contributed by atoms with Crippen LogP contribution in [0.4, 0.5) is 5.69 Å². The van der Waals surface area contributed by atoms with E-state index in [2.05, 4.69) is 56.9 Å². The number of methoxy groups -OCH3 is 1. The van der Waals surface area contributed by atoms with Gasteiger partial charge in [-0.1, -0.05) is 70.5 Å². The molecule has 0 bridgehead atoms. The van der Waals surface area contributed by atoms with Gasteiger partial charge >= 0.3 is 5.97 Å². The molecule has 0 amide bonds. The molecular formula is C26H34N2O3S. The van der Waals surface area contributed by atoms with Gasteiger partial charge < -0.3 is 14.5 Å². The van der Waals surface area contributed by atoms with Crippen LogP contribution in [0.5, 0.6) is 0 Å². The first-order valence-electron chi connectivity index (χ1n) is 11.4. The Bertz CT molecular complexity index is 962. The zero-order valence-corrected chi connectivity index (χ0v) is 20.6. The number of hydrogen-bond acceptors (Lipinski definition) is 6. The van der Waals surface area contributed by atoms with E-state index in [1.54, 1.807) is 18.4 Å². The van der Waals surface area contributed by atoms with Gasteiger partial charge in [-0.05, 0) is 24.5 Å². The van der Waals surface area contributed by atoms with Gasteiger partial charge in [-0.3, -0.25) is 4.79 Å². The van der Waals surface area contributed by atoms with Gasteiger partial charge in [-0.25, -0.2) is 4.79 Å². The Morgan fingerprint density at radius 2 is 1.75 bits per heavy atom. The second kappa shape index (κ2) is 10.4. The van der Waals surface area contributed by atoms with Crippen molar-refractivity contribution in [2.45, 2.75) is 58.8 Å². The lowest BCUT2D eigenvalue weighted by atomic mass is 9.83. The van der Waals surface area contributed by atoms with Crippen LogP contribution in [-0.4, -0.2) is 36.9 Å². The van der Waals surface area contributed by atoms with Crippen LogP contribution in [0.15, 0.2) is 58.2 Å². The number of unbranched alkanes of at least 4 members (excludes halogenated alkanes) is 2. The van der Waals surface area contributed by atoms with Crippen LogP contribution in [0.3, 0.4) is 0 Å². The van der Waals surface area contributed by atoms with E-state index in [0.29, 0.717) is 4.91 Å². The van der Waals surface area contributed by atoms with Crippen LogP contribution in [0.1, 0.15) is 58.9 Å². The summed E-state index contributed by atoms with van der Waals surface area (Å²) in [5.41, 5.74) is 3.21. The number of thioether (sulfide) groups is 1. The minimum Gasteiger partial charge on any atom is -0.465 e. The minimum atomic E-state index is -0.371. The van der Waals surface area contributed by atoms with E-state index in [1.807, 2.05) is 4.90 Å². The highest BCUT2D eigenvalue weighted by Crippen LogP contribution is 2.47. The van der Waals surface area contributed by atoms with Crippen LogP contribution in [0, 0.1) is 0 Å². The predicted octanol–water partition coefficient (Wildman–Crippen LogP) is 5.74. The fraction of sp³-hybridized carbons (Fsp3) is 0.462. The molecule has 2 aliphatic heterocycles. The van der Waals surface area contributed by atoms with Crippen molar-refractivity contribution in [3.05, 3.63) is 63.8 Å². The van der Waals surface area contributed by atoms with E-state index >= 15 is 0 Å². The first-order valence-corrected chi connectivity index (χ1v) is 12.2. The molecule has 32 heavy (non-hydrogen) atoms. The topological polar surface area (TPSA) is 49.9 Å². The van der Waals surface area contributed by atoms with E-state index in [1.165, 1.54) is 30.1 Å². The first kappa shape index (κ1) is 24.2. The molecule has 0 radical (unpaired) electrons. The number of ketones is 1. The van der Waals surface area contributed by atoms with E-state index in [4.69, 9.17) is 4.74 Å². The molecule has 1 aromatic rings. The molecule has 1 aromatic carbocycles. The normalized spacial score (nSPS) is 19.5. The van der Waals surface area contributed by atoms with Gasteiger partial charge in [0.1, 0.15) is 4.91 Å². The van der Waals surface area contributed by atoms with Crippen molar-refractivity contribution in [1.82, 2.24) is 4.90 Å². The van der Waals surface area contributed by atoms with Crippen LogP contribution < -0.4 is 4.90 Å². The van der Waals surface area contributed by atoms with Gasteiger partial charge in [0.15, 0.2) is 5.78 Å². The average molecular weight is 455 g/mol. The number of fused-ring (bicyclic) bond motifs is 1. The second-order valence-corrected chi connectivity index (χ2v) is 9.76. The van der Waals surface area contributed by atoms with Crippen LogP contribution in [0.2, 0.25) is 0 Å². The maximum atomic E-state index is 13.2. The lowest BCUT2D eigenvalue weighted by molar-refractivity contribution is -0.135. The second-order valence-electron chi connectivity index (χ2n) is 8.70. The smallest absolute Gasteiger partial charge is 0.346 e. The van der Waals surface area contributed by atoms with Gasteiger partial charge in [0.2, 0.25) is 0 Å². The standard InChI is InChI=1S/C26H34N2O3S/c1-6-8-14-27-18-22(25(30)31-5)32-24(27)17-19(29)16-23-26(3,4)20-12-10-11-13-21(20)28(23)15-9-7-2/h10-13,16-18H,6-9,14-15H2,1-5H3. The molecule has 5 nitrogen and oxygen atoms in total. The zero-order valence-electron chi connectivity index (χ0n) is 19.8. The fourth-order valence-corrected chi connectivity index (χ4v) is 5.18. The van der Waals surface area contributed by atoms with Crippen molar-refractivity contribution in [1.29, 1.82) is 0 Å². The lowest BCUT2D eigenvalue weighted by Crippen LogP contribution is -2.28. The molecule has 0 spiro atoms. The van der Waals surface area contributed by atoms with Crippen molar-refractivity contribution >= 4 is 29.2 Å². The van der Waals surface area contributed by atoms with Gasteiger partial charge in [-0.2, -0.15) is 0 Å². The molecule has 2 heterocycles. The van der Waals surface area contributed by atoms with Gasteiger partial charge in [0.05, 0.1) is 12.1 Å². The maximum absolute atomic E-state index is 13.2. The summed E-state index contributed by atoms with van der Waals surface area (Å²) in [5.74, 6) is -0.435. The number of para-hydroxylation sites is 1. The number of carbonyl (C=O) groups is 2. The molecule has 0 unspecified atom stereocenters. The molecule has 0 aliphatic carbocycles. The van der Waals surface area contributed by atoms with Crippen molar-refractivity contribution < 1.29 is 14.3 Å². The number of esters is 1. The monoisotopic (exact) mass is 454 g/mol. The summed E-state index contributed by atoms with van der Waals surface area (Å²) in [6, 6.07) is 8.42. The Hall–Kier alpha value is -2.47. The molecule has 0 saturated carbocycles. The summed E-state index contributed by atoms with van der Waals surface area (Å²) in [4.78, 5) is 30.0. The quantitative estimate of drug-likeness (QED) is 0.350. The largest absolute Gasteiger partial charge is 0.465 e. The number of benzene rings is 1. The molecule has 0 aromatic heterocycles. The van der Waals surface area contributed by atoms with Crippen molar-refractivity contribution in [2.75, 3.05) is 25.1 Å². The molecule has 0 atom stereocenters. The molecule has 0 N–H and O–H groups in total. The van der Waals surface area contributed by atoms with E-state index in [-0.39, 0.29) is 17.2 Å².